The molecule has 1 aromatic carbocycles. The van der Waals surface area contributed by atoms with Gasteiger partial charge in [0.1, 0.15) is 0 Å². The zero-order chi connectivity index (χ0) is 13.9. The Morgan fingerprint density at radius 2 is 1.89 bits per heavy atom. The maximum absolute atomic E-state index is 11.8. The third-order valence-electron chi connectivity index (χ3n) is 3.52. The monoisotopic (exact) mass is 258 g/mol. The summed E-state index contributed by atoms with van der Waals surface area (Å²) < 4.78 is 0. The van der Waals surface area contributed by atoms with E-state index < -0.39 is 0 Å². The molecule has 1 aromatic rings. The van der Waals surface area contributed by atoms with Gasteiger partial charge in [-0.1, -0.05) is 37.6 Å². The summed E-state index contributed by atoms with van der Waals surface area (Å²) in [5.74, 6) is -0.0416. The summed E-state index contributed by atoms with van der Waals surface area (Å²) in [4.78, 5) is 11.8. The topological polar surface area (TPSA) is 41.1 Å². The number of unbranched alkanes of at least 4 members (excludes halogenated alkanes) is 1. The van der Waals surface area contributed by atoms with Crippen LogP contribution in [0.5, 0.6) is 0 Å². The van der Waals surface area contributed by atoms with Crippen LogP contribution in [0.15, 0.2) is 29.8 Å². The Bertz CT molecular complexity index is 486. The van der Waals surface area contributed by atoms with Crippen LogP contribution in [-0.4, -0.2) is 11.4 Å². The van der Waals surface area contributed by atoms with Crippen LogP contribution in [0.4, 0.5) is 0 Å². The number of carbonyl (C=O) groups is 1. The molecule has 19 heavy (non-hydrogen) atoms. The molecule has 2 N–H and O–H groups in total. The number of carbonyl (C=O) groups excluding carboxylic acids is 1. The Morgan fingerprint density at radius 1 is 1.21 bits per heavy atom. The van der Waals surface area contributed by atoms with Gasteiger partial charge in [0.05, 0.1) is 5.54 Å². The van der Waals surface area contributed by atoms with Gasteiger partial charge in [-0.25, -0.2) is 5.43 Å². The molecule has 0 unspecified atom stereocenters. The molecule has 1 saturated heterocycles. The maximum Gasteiger partial charge on any atom is 0.263 e. The van der Waals surface area contributed by atoms with Crippen LogP contribution in [0, 0.1) is 0 Å². The molecule has 0 atom stereocenters. The summed E-state index contributed by atoms with van der Waals surface area (Å²) in [5.41, 5.74) is 8.53. The second-order valence-electron chi connectivity index (χ2n) is 5.61. The lowest BCUT2D eigenvalue weighted by Gasteiger charge is -2.16. The van der Waals surface area contributed by atoms with E-state index in [2.05, 4.69) is 42.0 Å². The number of benzene rings is 1. The van der Waals surface area contributed by atoms with E-state index in [1.165, 1.54) is 18.4 Å². The third-order valence-corrected chi connectivity index (χ3v) is 3.52. The standard InChI is InChI=1S/C16H22N2O/c1-4-5-6-12-7-9-13(10-8-12)11-14-15(19)17-18-16(14,2)3/h7-11,18H,4-6H2,1-3H3,(H,17,19)/b14-11+. The van der Waals surface area contributed by atoms with Gasteiger partial charge in [-0.2, -0.15) is 0 Å². The Morgan fingerprint density at radius 3 is 2.42 bits per heavy atom. The summed E-state index contributed by atoms with van der Waals surface area (Å²) in [7, 11) is 0. The predicted octanol–water partition coefficient (Wildman–Crippen LogP) is 2.83. The summed E-state index contributed by atoms with van der Waals surface area (Å²) in [6.45, 7) is 6.19. The fraction of sp³-hybridized carbons (Fsp3) is 0.438. The Balaban J connectivity index is 2.16. The van der Waals surface area contributed by atoms with Crippen LogP contribution in [0.2, 0.25) is 0 Å². The average molecular weight is 258 g/mol. The van der Waals surface area contributed by atoms with Gasteiger partial charge in [0.2, 0.25) is 0 Å². The number of hydrogen-bond donors (Lipinski definition) is 2. The van der Waals surface area contributed by atoms with E-state index in [4.69, 9.17) is 0 Å². The molecule has 0 aliphatic carbocycles. The van der Waals surface area contributed by atoms with Crippen LogP contribution < -0.4 is 10.9 Å². The van der Waals surface area contributed by atoms with Crippen molar-refractivity contribution in [2.45, 2.75) is 45.6 Å². The van der Waals surface area contributed by atoms with E-state index >= 15 is 0 Å². The van der Waals surface area contributed by atoms with E-state index in [-0.39, 0.29) is 11.4 Å². The van der Waals surface area contributed by atoms with Gasteiger partial charge in [-0.3, -0.25) is 10.2 Å². The number of aryl methyl sites for hydroxylation is 1. The molecule has 1 amide bonds. The van der Waals surface area contributed by atoms with E-state index in [0.717, 1.165) is 17.6 Å². The fourth-order valence-corrected chi connectivity index (χ4v) is 2.21. The normalized spacial score (nSPS) is 19.7. The minimum atomic E-state index is -0.321. The van der Waals surface area contributed by atoms with Crippen molar-refractivity contribution in [2.75, 3.05) is 0 Å². The fourth-order valence-electron chi connectivity index (χ4n) is 2.21. The molecule has 0 bridgehead atoms. The van der Waals surface area contributed by atoms with Crippen LogP contribution in [-0.2, 0) is 11.2 Å². The molecule has 0 radical (unpaired) electrons. The third kappa shape index (κ3) is 3.24. The quantitative estimate of drug-likeness (QED) is 0.815. The lowest BCUT2D eigenvalue weighted by molar-refractivity contribution is -0.116. The lowest BCUT2D eigenvalue weighted by atomic mass is 9.94. The molecule has 0 aromatic heterocycles. The maximum atomic E-state index is 11.8. The highest BCUT2D eigenvalue weighted by atomic mass is 16.2. The second-order valence-corrected chi connectivity index (χ2v) is 5.61. The van der Waals surface area contributed by atoms with E-state index in [1.807, 2.05) is 19.9 Å². The average Bonchev–Trinajstić information content (AvgIpc) is 2.65. The SMILES string of the molecule is CCCCc1ccc(/C=C2\C(=O)NNC2(C)C)cc1. The zero-order valence-corrected chi connectivity index (χ0v) is 11.9. The number of hydrogen-bond acceptors (Lipinski definition) is 2. The Labute approximate surface area is 115 Å². The van der Waals surface area contributed by atoms with Crippen molar-refractivity contribution < 1.29 is 4.79 Å². The van der Waals surface area contributed by atoms with Crippen molar-refractivity contribution in [3.05, 3.63) is 41.0 Å². The van der Waals surface area contributed by atoms with Crippen LogP contribution in [0.25, 0.3) is 6.08 Å². The first-order valence-electron chi connectivity index (χ1n) is 6.91. The molecule has 1 heterocycles. The smallest absolute Gasteiger partial charge is 0.263 e. The van der Waals surface area contributed by atoms with Crippen molar-refractivity contribution in [1.82, 2.24) is 10.9 Å². The van der Waals surface area contributed by atoms with Crippen LogP contribution >= 0.6 is 0 Å². The summed E-state index contributed by atoms with van der Waals surface area (Å²) in [6, 6.07) is 8.46. The first-order chi connectivity index (χ1) is 9.03. The van der Waals surface area contributed by atoms with Crippen LogP contribution in [0.1, 0.15) is 44.7 Å². The highest BCUT2D eigenvalue weighted by molar-refractivity contribution is 6.01. The predicted molar refractivity (Wildman–Crippen MR) is 78.4 cm³/mol. The molecular formula is C16H22N2O. The van der Waals surface area contributed by atoms with Crippen molar-refractivity contribution in [3.8, 4) is 0 Å². The van der Waals surface area contributed by atoms with Crippen LogP contribution in [0.3, 0.4) is 0 Å². The molecule has 1 aliphatic heterocycles. The molecule has 1 aliphatic rings. The molecule has 0 saturated carbocycles. The van der Waals surface area contributed by atoms with Gasteiger partial charge in [0, 0.05) is 5.57 Å². The first-order valence-corrected chi connectivity index (χ1v) is 6.91. The highest BCUT2D eigenvalue weighted by Crippen LogP contribution is 2.23. The summed E-state index contributed by atoms with van der Waals surface area (Å²) in [5, 5.41) is 0. The number of rotatable bonds is 4. The molecule has 102 valence electrons. The van der Waals surface area contributed by atoms with Gasteiger partial charge in [-0.15, -0.1) is 0 Å². The van der Waals surface area contributed by atoms with Crippen molar-refractivity contribution >= 4 is 12.0 Å². The first kappa shape index (κ1) is 13.8. The van der Waals surface area contributed by atoms with Gasteiger partial charge in [-0.05, 0) is 43.9 Å². The zero-order valence-electron chi connectivity index (χ0n) is 11.9. The van der Waals surface area contributed by atoms with Gasteiger partial charge >= 0.3 is 0 Å². The molecule has 2 rings (SSSR count). The Hall–Kier alpha value is -1.61. The summed E-state index contributed by atoms with van der Waals surface area (Å²) in [6.07, 6.45) is 5.52. The van der Waals surface area contributed by atoms with Crippen molar-refractivity contribution in [1.29, 1.82) is 0 Å². The number of hydrazine groups is 1. The van der Waals surface area contributed by atoms with Gasteiger partial charge in [0.15, 0.2) is 0 Å². The minimum absolute atomic E-state index is 0.0416. The number of amides is 1. The molecule has 3 nitrogen and oxygen atoms in total. The molecule has 1 fully saturated rings. The number of nitrogens with one attached hydrogen (secondary N) is 2. The van der Waals surface area contributed by atoms with Gasteiger partial charge in [0.25, 0.3) is 5.91 Å². The molecule has 0 spiro atoms. The Kier molecular flexibility index (Phi) is 4.05. The minimum Gasteiger partial charge on any atom is -0.287 e. The molecule has 3 heteroatoms. The molecular weight excluding hydrogens is 236 g/mol. The van der Waals surface area contributed by atoms with E-state index in [1.54, 1.807) is 0 Å². The van der Waals surface area contributed by atoms with Gasteiger partial charge < -0.3 is 0 Å². The lowest BCUT2D eigenvalue weighted by Crippen LogP contribution is -2.38. The van der Waals surface area contributed by atoms with E-state index in [9.17, 15) is 4.79 Å². The second kappa shape index (κ2) is 5.57. The highest BCUT2D eigenvalue weighted by Gasteiger charge is 2.34. The van der Waals surface area contributed by atoms with E-state index in [0.29, 0.717) is 0 Å². The van der Waals surface area contributed by atoms with Crippen molar-refractivity contribution in [3.63, 3.8) is 0 Å². The largest absolute Gasteiger partial charge is 0.287 e. The summed E-state index contributed by atoms with van der Waals surface area (Å²) >= 11 is 0. The van der Waals surface area contributed by atoms with Crippen molar-refractivity contribution in [2.24, 2.45) is 0 Å².